The van der Waals surface area contributed by atoms with E-state index in [1.807, 2.05) is 42.5 Å². The van der Waals surface area contributed by atoms with Gasteiger partial charge in [0.2, 0.25) is 0 Å². The Morgan fingerprint density at radius 1 is 0.911 bits per heavy atom. The molecule has 1 aliphatic heterocycles. The molecule has 0 saturated carbocycles. The first-order chi connectivity index (χ1) is 21.9. The Labute approximate surface area is 265 Å². The van der Waals surface area contributed by atoms with Gasteiger partial charge in [-0.15, -0.1) is 0 Å². The fraction of sp³-hybridized carbons (Fsp3) is 0.472. The fourth-order valence-corrected chi connectivity index (χ4v) is 5.36. The molecule has 4 rings (SSSR count). The van der Waals surface area contributed by atoms with Crippen molar-refractivity contribution in [3.8, 4) is 17.2 Å². The minimum Gasteiger partial charge on any atom is -0.493 e. The highest BCUT2D eigenvalue weighted by atomic mass is 16.6. The lowest BCUT2D eigenvalue weighted by molar-refractivity contribution is -0.156. The third kappa shape index (κ3) is 9.44. The van der Waals surface area contributed by atoms with Crippen LogP contribution in [-0.2, 0) is 36.6 Å². The zero-order chi connectivity index (χ0) is 32.0. The predicted molar refractivity (Wildman–Crippen MR) is 170 cm³/mol. The van der Waals surface area contributed by atoms with Crippen LogP contribution in [0.15, 0.2) is 48.5 Å². The Balaban J connectivity index is 1.31. The highest BCUT2D eigenvalue weighted by Gasteiger charge is 2.24. The van der Waals surface area contributed by atoms with Crippen LogP contribution >= 0.6 is 0 Å². The first-order valence-electron chi connectivity index (χ1n) is 16.0. The average molecular weight is 621 g/mol. The van der Waals surface area contributed by atoms with E-state index in [9.17, 15) is 14.4 Å². The number of Topliss-reactive ketones (excluding diaryl/α,β-unsaturated/α-hetero) is 1. The largest absolute Gasteiger partial charge is 0.493 e. The van der Waals surface area contributed by atoms with E-state index >= 15 is 0 Å². The van der Waals surface area contributed by atoms with Crippen LogP contribution in [0.5, 0.6) is 17.2 Å². The van der Waals surface area contributed by atoms with Gasteiger partial charge in [0.25, 0.3) is 0 Å². The number of ketones is 1. The van der Waals surface area contributed by atoms with E-state index in [-0.39, 0.29) is 19.0 Å². The quantitative estimate of drug-likeness (QED) is 0.117. The second-order valence-corrected chi connectivity index (χ2v) is 10.8. The summed E-state index contributed by atoms with van der Waals surface area (Å²) in [5.41, 5.74) is 2.53. The summed E-state index contributed by atoms with van der Waals surface area (Å²) in [6, 6.07) is 15.2. The van der Waals surface area contributed by atoms with Gasteiger partial charge in [-0.1, -0.05) is 37.6 Å². The summed E-state index contributed by atoms with van der Waals surface area (Å²) in [6.07, 6.45) is 4.12. The van der Waals surface area contributed by atoms with Gasteiger partial charge in [-0.2, -0.15) is 0 Å². The standard InChI is InChI=1S/C36H44O9/c1-4-11-29-32(17-16-28-31(37)18-21-44-35(28)29)42-19-8-7-9-20-43-33(36(39)41-6-3)22-26-13-10-12-25-14-15-27(23-30(25)26)45-24-34(38)40-5-2/h10,12-17,23,33H,4-9,11,18-22,24H2,1-3H3. The number of hydrogen-bond donors (Lipinski definition) is 0. The third-order valence-electron chi connectivity index (χ3n) is 7.52. The molecule has 3 aromatic carbocycles. The lowest BCUT2D eigenvalue weighted by Crippen LogP contribution is -2.29. The second-order valence-electron chi connectivity index (χ2n) is 10.8. The van der Waals surface area contributed by atoms with Crippen LogP contribution in [0.2, 0.25) is 0 Å². The summed E-state index contributed by atoms with van der Waals surface area (Å²) >= 11 is 0. The fourth-order valence-electron chi connectivity index (χ4n) is 5.36. The molecule has 1 atom stereocenters. The van der Waals surface area contributed by atoms with Crippen molar-refractivity contribution in [3.05, 3.63) is 65.2 Å². The molecule has 3 aromatic rings. The number of benzene rings is 3. The summed E-state index contributed by atoms with van der Waals surface area (Å²) in [7, 11) is 0. The Bertz CT molecular complexity index is 1450. The van der Waals surface area contributed by atoms with Gasteiger partial charge in [0, 0.05) is 25.0 Å². The second kappa shape index (κ2) is 17.4. The Kier molecular flexibility index (Phi) is 13.1. The SMILES string of the molecule is CCCc1c(OCCCCCOC(Cc2cccc3ccc(OCC(=O)OCC)cc23)C(=O)OCC)ccc2c1OCCC2=O. The van der Waals surface area contributed by atoms with Crippen LogP contribution in [-0.4, -0.2) is 63.5 Å². The van der Waals surface area contributed by atoms with Crippen LogP contribution < -0.4 is 14.2 Å². The first kappa shape index (κ1) is 33.8. The van der Waals surface area contributed by atoms with Gasteiger partial charge in [-0.25, -0.2) is 9.59 Å². The molecule has 9 heteroatoms. The summed E-state index contributed by atoms with van der Waals surface area (Å²) in [5, 5.41) is 1.89. The minimum atomic E-state index is -0.759. The summed E-state index contributed by atoms with van der Waals surface area (Å²) in [4.78, 5) is 36.9. The van der Waals surface area contributed by atoms with Crippen LogP contribution in [0.1, 0.15) is 74.4 Å². The number of ether oxygens (including phenoxy) is 6. The Hall–Kier alpha value is -4.11. The number of rotatable bonds is 18. The van der Waals surface area contributed by atoms with E-state index in [0.29, 0.717) is 56.3 Å². The summed E-state index contributed by atoms with van der Waals surface area (Å²) in [5.74, 6) is 1.28. The zero-order valence-corrected chi connectivity index (χ0v) is 26.6. The van der Waals surface area contributed by atoms with Gasteiger partial charge < -0.3 is 28.4 Å². The molecule has 1 unspecified atom stereocenters. The van der Waals surface area contributed by atoms with Gasteiger partial charge in [0.15, 0.2) is 18.5 Å². The predicted octanol–water partition coefficient (Wildman–Crippen LogP) is 6.44. The molecule has 0 N–H and O–H groups in total. The normalized spacial score (nSPS) is 13.1. The molecule has 0 amide bonds. The van der Waals surface area contributed by atoms with Gasteiger partial charge in [-0.3, -0.25) is 4.79 Å². The molecule has 0 fully saturated rings. The van der Waals surface area contributed by atoms with E-state index in [1.165, 1.54) is 0 Å². The van der Waals surface area contributed by atoms with E-state index in [0.717, 1.165) is 59.8 Å². The zero-order valence-electron chi connectivity index (χ0n) is 26.6. The topological polar surface area (TPSA) is 107 Å². The van der Waals surface area contributed by atoms with Crippen molar-refractivity contribution < 1.29 is 42.8 Å². The smallest absolute Gasteiger partial charge is 0.344 e. The van der Waals surface area contributed by atoms with Crippen molar-refractivity contribution in [1.29, 1.82) is 0 Å². The van der Waals surface area contributed by atoms with Crippen LogP contribution in [0.3, 0.4) is 0 Å². The van der Waals surface area contributed by atoms with E-state index < -0.39 is 18.0 Å². The van der Waals surface area contributed by atoms with Gasteiger partial charge in [-0.05, 0) is 80.1 Å². The maximum absolute atomic E-state index is 12.8. The van der Waals surface area contributed by atoms with Crippen LogP contribution in [0, 0.1) is 0 Å². The summed E-state index contributed by atoms with van der Waals surface area (Å²) in [6.45, 7) is 7.34. The molecule has 45 heavy (non-hydrogen) atoms. The maximum atomic E-state index is 12.8. The number of unbranched alkanes of at least 4 members (excludes halogenated alkanes) is 2. The van der Waals surface area contributed by atoms with E-state index in [2.05, 4.69) is 6.92 Å². The van der Waals surface area contributed by atoms with Crippen molar-refractivity contribution in [2.45, 2.75) is 71.8 Å². The monoisotopic (exact) mass is 620 g/mol. The van der Waals surface area contributed by atoms with Crippen molar-refractivity contribution in [2.75, 3.05) is 39.6 Å². The molecule has 1 heterocycles. The molecule has 0 saturated heterocycles. The molecule has 9 nitrogen and oxygen atoms in total. The highest BCUT2D eigenvalue weighted by molar-refractivity contribution is 6.00. The van der Waals surface area contributed by atoms with Crippen LogP contribution in [0.4, 0.5) is 0 Å². The van der Waals surface area contributed by atoms with Gasteiger partial charge >= 0.3 is 11.9 Å². The lowest BCUT2D eigenvalue weighted by Gasteiger charge is -2.22. The number of carbonyl (C=O) groups is 3. The summed E-state index contributed by atoms with van der Waals surface area (Å²) < 4.78 is 34.0. The van der Waals surface area contributed by atoms with E-state index in [1.54, 1.807) is 19.9 Å². The van der Waals surface area contributed by atoms with E-state index in [4.69, 9.17) is 28.4 Å². The average Bonchev–Trinajstić information content (AvgIpc) is 3.04. The molecule has 0 bridgehead atoms. The number of carbonyl (C=O) groups excluding carboxylic acids is 3. The molecular formula is C36H44O9. The highest BCUT2D eigenvalue weighted by Crippen LogP contribution is 2.36. The Morgan fingerprint density at radius 3 is 2.53 bits per heavy atom. The van der Waals surface area contributed by atoms with Crippen molar-refractivity contribution in [3.63, 3.8) is 0 Å². The number of hydrogen-bond acceptors (Lipinski definition) is 9. The van der Waals surface area contributed by atoms with Gasteiger partial charge in [0.1, 0.15) is 17.2 Å². The molecule has 0 aromatic heterocycles. The molecular weight excluding hydrogens is 576 g/mol. The molecule has 1 aliphatic rings. The number of esters is 2. The van der Waals surface area contributed by atoms with Crippen molar-refractivity contribution >= 4 is 28.5 Å². The van der Waals surface area contributed by atoms with Crippen molar-refractivity contribution in [2.24, 2.45) is 0 Å². The third-order valence-corrected chi connectivity index (χ3v) is 7.52. The minimum absolute atomic E-state index is 0.117. The molecule has 242 valence electrons. The van der Waals surface area contributed by atoms with Crippen molar-refractivity contribution in [1.82, 2.24) is 0 Å². The van der Waals surface area contributed by atoms with Crippen LogP contribution in [0.25, 0.3) is 10.8 Å². The Morgan fingerprint density at radius 2 is 1.73 bits per heavy atom. The molecule has 0 radical (unpaired) electrons. The maximum Gasteiger partial charge on any atom is 0.344 e. The lowest BCUT2D eigenvalue weighted by atomic mass is 9.98. The van der Waals surface area contributed by atoms with Gasteiger partial charge in [0.05, 0.1) is 32.0 Å². The number of fused-ring (bicyclic) bond motifs is 2. The molecule has 0 aliphatic carbocycles. The molecule has 0 spiro atoms. The first-order valence-corrected chi connectivity index (χ1v) is 16.0.